The second kappa shape index (κ2) is 6.32. The van der Waals surface area contributed by atoms with E-state index in [1.165, 1.54) is 32.1 Å². The number of hydrogen-bond acceptors (Lipinski definition) is 4. The molecular formula is C14H23N3S. The van der Waals surface area contributed by atoms with Gasteiger partial charge in [-0.15, -0.1) is 0 Å². The molecule has 4 heteroatoms. The molecule has 1 aromatic rings. The average molecular weight is 265 g/mol. The molecule has 0 radical (unpaired) electrons. The van der Waals surface area contributed by atoms with E-state index >= 15 is 0 Å². The van der Waals surface area contributed by atoms with Gasteiger partial charge in [-0.1, -0.05) is 19.3 Å². The molecule has 0 atom stereocenters. The lowest BCUT2D eigenvalue weighted by molar-refractivity contribution is 0.411. The molecule has 3 nitrogen and oxygen atoms in total. The van der Waals surface area contributed by atoms with Crippen molar-refractivity contribution in [1.29, 1.82) is 0 Å². The molecule has 2 N–H and O–H groups in total. The molecule has 1 fully saturated rings. The Kier molecular flexibility index (Phi) is 4.75. The Morgan fingerprint density at radius 3 is 2.78 bits per heavy atom. The molecule has 1 aliphatic carbocycles. The minimum absolute atomic E-state index is 0.432. The molecule has 0 unspecified atom stereocenters. The van der Waals surface area contributed by atoms with Gasteiger partial charge in [-0.05, 0) is 25.2 Å². The van der Waals surface area contributed by atoms with Gasteiger partial charge in [0.1, 0.15) is 5.82 Å². The summed E-state index contributed by atoms with van der Waals surface area (Å²) in [5, 5.41) is 6.65. The summed E-state index contributed by atoms with van der Waals surface area (Å²) in [5.41, 5.74) is 1.16. The highest BCUT2D eigenvalue weighted by molar-refractivity contribution is 8.00. The van der Waals surface area contributed by atoms with Crippen LogP contribution in [0.4, 0.5) is 11.5 Å². The summed E-state index contributed by atoms with van der Waals surface area (Å²) < 4.78 is 0.432. The van der Waals surface area contributed by atoms with E-state index in [0.29, 0.717) is 4.75 Å². The van der Waals surface area contributed by atoms with E-state index in [1.807, 2.05) is 31.1 Å². The third-order valence-electron chi connectivity index (χ3n) is 3.83. The lowest BCUT2D eigenvalue weighted by atomic mass is 9.88. The predicted octanol–water partition coefficient (Wildman–Crippen LogP) is 3.60. The Morgan fingerprint density at radius 1 is 1.33 bits per heavy atom. The van der Waals surface area contributed by atoms with Crippen molar-refractivity contribution in [3.05, 3.63) is 18.3 Å². The first-order valence-corrected chi connectivity index (χ1v) is 7.93. The molecule has 1 saturated carbocycles. The minimum Gasteiger partial charge on any atom is -0.383 e. The number of rotatable bonds is 5. The fourth-order valence-corrected chi connectivity index (χ4v) is 3.50. The van der Waals surface area contributed by atoms with Gasteiger partial charge in [-0.3, -0.25) is 0 Å². The third-order valence-corrected chi connectivity index (χ3v) is 5.25. The highest BCUT2D eigenvalue weighted by atomic mass is 32.2. The second-order valence-corrected chi connectivity index (χ2v) is 6.26. The zero-order valence-corrected chi connectivity index (χ0v) is 12.1. The van der Waals surface area contributed by atoms with E-state index in [4.69, 9.17) is 0 Å². The zero-order valence-electron chi connectivity index (χ0n) is 11.3. The van der Waals surface area contributed by atoms with Crippen molar-refractivity contribution >= 4 is 23.3 Å². The molecule has 1 heterocycles. The van der Waals surface area contributed by atoms with Crippen LogP contribution >= 0.6 is 11.8 Å². The van der Waals surface area contributed by atoms with Crippen molar-refractivity contribution in [3.8, 4) is 0 Å². The van der Waals surface area contributed by atoms with Gasteiger partial charge in [0, 0.05) is 36.3 Å². The fourth-order valence-electron chi connectivity index (χ4n) is 2.59. The summed E-state index contributed by atoms with van der Waals surface area (Å²) in [5.74, 6) is 0.918. The monoisotopic (exact) mass is 265 g/mol. The Balaban J connectivity index is 1.96. The van der Waals surface area contributed by atoms with Crippen LogP contribution in [0, 0.1) is 0 Å². The number of nitrogens with zero attached hydrogens (tertiary/aromatic N) is 1. The van der Waals surface area contributed by atoms with E-state index in [9.17, 15) is 0 Å². The standard InChI is InChI=1S/C14H23N3S/c1-15-13-10-12(6-9-16-13)17-11-14(18-2)7-4-3-5-8-14/h6,9-10H,3-5,7-8,11H2,1-2H3,(H2,15,16,17). The first kappa shape index (κ1) is 13.5. The molecule has 2 rings (SSSR count). The van der Waals surface area contributed by atoms with Gasteiger partial charge in [-0.25, -0.2) is 4.98 Å². The molecule has 1 aromatic heterocycles. The van der Waals surface area contributed by atoms with Crippen molar-refractivity contribution in [2.24, 2.45) is 0 Å². The molecule has 0 aliphatic heterocycles. The molecule has 18 heavy (non-hydrogen) atoms. The van der Waals surface area contributed by atoms with E-state index in [2.05, 4.69) is 27.9 Å². The quantitative estimate of drug-likeness (QED) is 0.853. The highest BCUT2D eigenvalue weighted by Gasteiger charge is 2.30. The van der Waals surface area contributed by atoms with Crippen molar-refractivity contribution in [1.82, 2.24) is 4.98 Å². The number of aromatic nitrogens is 1. The second-order valence-electron chi connectivity index (χ2n) is 4.98. The van der Waals surface area contributed by atoms with Gasteiger partial charge in [-0.2, -0.15) is 11.8 Å². The van der Waals surface area contributed by atoms with Gasteiger partial charge in [0.2, 0.25) is 0 Å². The lowest BCUT2D eigenvalue weighted by Gasteiger charge is -2.36. The number of pyridine rings is 1. The predicted molar refractivity (Wildman–Crippen MR) is 81.6 cm³/mol. The van der Waals surface area contributed by atoms with E-state index < -0.39 is 0 Å². The van der Waals surface area contributed by atoms with Crippen LogP contribution in [0.1, 0.15) is 32.1 Å². The maximum Gasteiger partial charge on any atom is 0.127 e. The number of nitrogens with one attached hydrogen (secondary N) is 2. The molecule has 0 saturated heterocycles. The number of hydrogen-bond donors (Lipinski definition) is 2. The van der Waals surface area contributed by atoms with E-state index in [1.54, 1.807) is 0 Å². The number of thioether (sulfide) groups is 1. The molecule has 0 spiro atoms. The lowest BCUT2D eigenvalue weighted by Crippen LogP contribution is -2.35. The molecular weight excluding hydrogens is 242 g/mol. The van der Waals surface area contributed by atoms with Gasteiger partial charge in [0.25, 0.3) is 0 Å². The van der Waals surface area contributed by atoms with Crippen LogP contribution in [0.15, 0.2) is 18.3 Å². The van der Waals surface area contributed by atoms with Gasteiger partial charge in [0.05, 0.1) is 0 Å². The summed E-state index contributed by atoms with van der Waals surface area (Å²) in [6.45, 7) is 1.06. The van der Waals surface area contributed by atoms with E-state index in [0.717, 1.165) is 18.1 Å². The van der Waals surface area contributed by atoms with Crippen LogP contribution in [0.25, 0.3) is 0 Å². The first-order valence-electron chi connectivity index (χ1n) is 6.71. The van der Waals surface area contributed by atoms with Crippen molar-refractivity contribution in [3.63, 3.8) is 0 Å². The summed E-state index contributed by atoms with van der Waals surface area (Å²) in [6.07, 6.45) is 10.9. The largest absolute Gasteiger partial charge is 0.383 e. The Morgan fingerprint density at radius 2 is 2.11 bits per heavy atom. The zero-order chi connectivity index (χ0) is 12.8. The molecule has 0 bridgehead atoms. The van der Waals surface area contributed by atoms with Gasteiger partial charge < -0.3 is 10.6 Å². The fraction of sp³-hybridized carbons (Fsp3) is 0.643. The average Bonchev–Trinajstić information content (AvgIpc) is 2.46. The molecule has 0 amide bonds. The number of anilines is 2. The van der Waals surface area contributed by atoms with Crippen LogP contribution < -0.4 is 10.6 Å². The topological polar surface area (TPSA) is 37.0 Å². The van der Waals surface area contributed by atoms with E-state index in [-0.39, 0.29) is 0 Å². The van der Waals surface area contributed by atoms with Crippen LogP contribution in [-0.4, -0.2) is 29.6 Å². The van der Waals surface area contributed by atoms with Crippen LogP contribution in [0.3, 0.4) is 0 Å². The smallest absolute Gasteiger partial charge is 0.127 e. The first-order chi connectivity index (χ1) is 8.78. The summed E-state index contributed by atoms with van der Waals surface area (Å²) in [4.78, 5) is 4.23. The summed E-state index contributed by atoms with van der Waals surface area (Å²) in [7, 11) is 1.90. The third kappa shape index (κ3) is 3.31. The Bertz CT molecular complexity index is 375. The van der Waals surface area contributed by atoms with Crippen LogP contribution in [0.2, 0.25) is 0 Å². The van der Waals surface area contributed by atoms with Crippen LogP contribution in [-0.2, 0) is 0 Å². The normalized spacial score (nSPS) is 18.3. The van der Waals surface area contributed by atoms with Crippen molar-refractivity contribution < 1.29 is 0 Å². The molecule has 0 aromatic carbocycles. The highest BCUT2D eigenvalue weighted by Crippen LogP contribution is 2.38. The molecule has 1 aliphatic rings. The van der Waals surface area contributed by atoms with Crippen LogP contribution in [0.5, 0.6) is 0 Å². The maximum absolute atomic E-state index is 4.23. The summed E-state index contributed by atoms with van der Waals surface area (Å²) in [6, 6.07) is 4.11. The summed E-state index contributed by atoms with van der Waals surface area (Å²) >= 11 is 2.03. The molecule has 100 valence electrons. The SMILES string of the molecule is CNc1cc(NCC2(SC)CCCCC2)ccn1. The van der Waals surface area contributed by atoms with Gasteiger partial charge >= 0.3 is 0 Å². The van der Waals surface area contributed by atoms with Crippen molar-refractivity contribution in [2.75, 3.05) is 30.5 Å². The minimum atomic E-state index is 0.432. The van der Waals surface area contributed by atoms with Crippen molar-refractivity contribution in [2.45, 2.75) is 36.9 Å². The Labute approximate surface area is 114 Å². The van der Waals surface area contributed by atoms with Gasteiger partial charge in [0.15, 0.2) is 0 Å². The maximum atomic E-state index is 4.23. The Hall–Kier alpha value is -0.900.